The van der Waals surface area contributed by atoms with Gasteiger partial charge in [-0.3, -0.25) is 9.69 Å². The van der Waals surface area contributed by atoms with Gasteiger partial charge in [-0.05, 0) is 62.3 Å². The number of amides is 1. The van der Waals surface area contributed by atoms with Gasteiger partial charge in [0.1, 0.15) is 5.76 Å². The third kappa shape index (κ3) is 3.37. The molecule has 0 aliphatic carbocycles. The van der Waals surface area contributed by atoms with Crippen molar-refractivity contribution in [2.45, 2.75) is 20.8 Å². The van der Waals surface area contributed by atoms with Crippen LogP contribution in [-0.2, 0) is 4.79 Å². The standard InChI is InChI=1S/C19H17NO2S2/c1-12-6-7-16(14(3)9-12)20-18(21)17(24-19(20)23)11-13(2)10-15-5-4-8-22-15/h4-11H,1-3H3/b13-10+,17-11-. The summed E-state index contributed by atoms with van der Waals surface area (Å²) < 4.78 is 5.86. The number of aryl methyl sites for hydroxylation is 2. The number of thioether (sulfide) groups is 1. The van der Waals surface area contributed by atoms with E-state index in [9.17, 15) is 4.79 Å². The number of carbonyl (C=O) groups excluding carboxylic acids is 1. The molecule has 1 aromatic heterocycles. The smallest absolute Gasteiger partial charge is 0.270 e. The van der Waals surface area contributed by atoms with Crippen molar-refractivity contribution in [3.63, 3.8) is 0 Å². The van der Waals surface area contributed by atoms with Gasteiger partial charge in [0, 0.05) is 0 Å². The molecule has 0 atom stereocenters. The van der Waals surface area contributed by atoms with Gasteiger partial charge in [-0.1, -0.05) is 41.7 Å². The van der Waals surface area contributed by atoms with E-state index in [0.29, 0.717) is 9.23 Å². The van der Waals surface area contributed by atoms with E-state index in [1.165, 1.54) is 11.8 Å². The minimum Gasteiger partial charge on any atom is -0.465 e. The summed E-state index contributed by atoms with van der Waals surface area (Å²) >= 11 is 6.76. The Morgan fingerprint density at radius 2 is 2.08 bits per heavy atom. The quantitative estimate of drug-likeness (QED) is 0.556. The first kappa shape index (κ1) is 16.7. The molecule has 3 rings (SSSR count). The minimum absolute atomic E-state index is 0.0795. The van der Waals surface area contributed by atoms with E-state index in [2.05, 4.69) is 6.07 Å². The Labute approximate surface area is 151 Å². The summed E-state index contributed by atoms with van der Waals surface area (Å²) in [6.45, 7) is 5.96. The molecular weight excluding hydrogens is 338 g/mol. The highest BCUT2D eigenvalue weighted by molar-refractivity contribution is 8.27. The summed E-state index contributed by atoms with van der Waals surface area (Å²) in [7, 11) is 0. The Morgan fingerprint density at radius 3 is 2.75 bits per heavy atom. The first-order chi connectivity index (χ1) is 11.5. The van der Waals surface area contributed by atoms with Gasteiger partial charge in [0.2, 0.25) is 0 Å². The number of benzene rings is 1. The molecule has 1 amide bonds. The number of anilines is 1. The summed E-state index contributed by atoms with van der Waals surface area (Å²) in [6, 6.07) is 9.70. The van der Waals surface area contributed by atoms with Crippen LogP contribution >= 0.6 is 24.0 Å². The van der Waals surface area contributed by atoms with Gasteiger partial charge in [-0.25, -0.2) is 0 Å². The second kappa shape index (κ2) is 6.79. The van der Waals surface area contributed by atoms with Crippen LogP contribution in [0.15, 0.2) is 57.6 Å². The molecule has 3 nitrogen and oxygen atoms in total. The van der Waals surface area contributed by atoms with Crippen molar-refractivity contribution in [2.75, 3.05) is 4.90 Å². The zero-order chi connectivity index (χ0) is 17.3. The van der Waals surface area contributed by atoms with Gasteiger partial charge < -0.3 is 4.42 Å². The lowest BCUT2D eigenvalue weighted by Crippen LogP contribution is -2.28. The lowest BCUT2D eigenvalue weighted by Gasteiger charge is -2.17. The highest BCUT2D eigenvalue weighted by atomic mass is 32.2. The van der Waals surface area contributed by atoms with Crippen LogP contribution in [0.3, 0.4) is 0 Å². The maximum absolute atomic E-state index is 12.8. The minimum atomic E-state index is -0.0795. The topological polar surface area (TPSA) is 33.5 Å². The molecule has 0 spiro atoms. The maximum atomic E-state index is 12.8. The summed E-state index contributed by atoms with van der Waals surface area (Å²) in [5, 5.41) is 0. The van der Waals surface area contributed by atoms with Crippen LogP contribution in [0.25, 0.3) is 6.08 Å². The summed E-state index contributed by atoms with van der Waals surface area (Å²) in [5.41, 5.74) is 3.98. The molecule has 2 aromatic rings. The van der Waals surface area contributed by atoms with E-state index in [0.717, 1.165) is 28.1 Å². The van der Waals surface area contributed by atoms with Crippen LogP contribution < -0.4 is 4.90 Å². The molecule has 1 saturated heterocycles. The fourth-order valence-corrected chi connectivity index (χ4v) is 3.91. The van der Waals surface area contributed by atoms with Gasteiger partial charge >= 0.3 is 0 Å². The molecular formula is C19H17NO2S2. The van der Waals surface area contributed by atoms with Gasteiger partial charge in [-0.15, -0.1) is 0 Å². The first-order valence-corrected chi connectivity index (χ1v) is 8.75. The van der Waals surface area contributed by atoms with Gasteiger partial charge in [0.15, 0.2) is 4.32 Å². The highest BCUT2D eigenvalue weighted by Crippen LogP contribution is 2.37. The Bertz CT molecular complexity index is 863. The van der Waals surface area contributed by atoms with Crippen LogP contribution in [0.4, 0.5) is 5.69 Å². The number of nitrogens with zero attached hydrogens (tertiary/aromatic N) is 1. The SMILES string of the molecule is CC(/C=C1\SC(=S)N(c2ccc(C)cc2C)C1=O)=C\c1ccco1. The van der Waals surface area contributed by atoms with Crippen LogP contribution in [-0.4, -0.2) is 10.2 Å². The van der Waals surface area contributed by atoms with E-state index in [1.807, 2.05) is 57.2 Å². The predicted octanol–water partition coefficient (Wildman–Crippen LogP) is 5.25. The number of furan rings is 1. The molecule has 0 radical (unpaired) electrons. The van der Waals surface area contributed by atoms with Crippen molar-refractivity contribution in [1.29, 1.82) is 0 Å². The third-order valence-corrected chi connectivity index (χ3v) is 4.96. The molecule has 1 aromatic carbocycles. The van der Waals surface area contributed by atoms with Crippen LogP contribution in [0.2, 0.25) is 0 Å². The number of rotatable bonds is 3. The van der Waals surface area contributed by atoms with E-state index in [4.69, 9.17) is 16.6 Å². The van der Waals surface area contributed by atoms with Crippen LogP contribution in [0.5, 0.6) is 0 Å². The predicted molar refractivity (Wildman–Crippen MR) is 104 cm³/mol. The van der Waals surface area contributed by atoms with Gasteiger partial charge in [0.25, 0.3) is 5.91 Å². The summed E-state index contributed by atoms with van der Waals surface area (Å²) in [6.07, 6.45) is 5.37. The van der Waals surface area contributed by atoms with Gasteiger partial charge in [-0.2, -0.15) is 0 Å². The molecule has 1 fully saturated rings. The van der Waals surface area contributed by atoms with E-state index >= 15 is 0 Å². The van der Waals surface area contributed by atoms with Crippen molar-refractivity contribution in [1.82, 2.24) is 0 Å². The lowest BCUT2D eigenvalue weighted by atomic mass is 10.1. The maximum Gasteiger partial charge on any atom is 0.270 e. The van der Waals surface area contributed by atoms with Crippen molar-refractivity contribution < 1.29 is 9.21 Å². The Balaban J connectivity index is 1.90. The normalized spacial score (nSPS) is 17.2. The number of carbonyl (C=O) groups is 1. The molecule has 0 N–H and O–H groups in total. The van der Waals surface area contributed by atoms with E-state index in [-0.39, 0.29) is 5.91 Å². The molecule has 1 aliphatic rings. The van der Waals surface area contributed by atoms with Crippen LogP contribution in [0, 0.1) is 13.8 Å². The number of hydrogen-bond acceptors (Lipinski definition) is 4. The highest BCUT2D eigenvalue weighted by Gasteiger charge is 2.33. The van der Waals surface area contributed by atoms with Gasteiger partial charge in [0.05, 0.1) is 16.9 Å². The third-order valence-electron chi connectivity index (χ3n) is 3.66. The number of hydrogen-bond donors (Lipinski definition) is 0. The van der Waals surface area contributed by atoms with Crippen molar-refractivity contribution in [3.05, 3.63) is 70.0 Å². The summed E-state index contributed by atoms with van der Waals surface area (Å²) in [5.74, 6) is 0.678. The Hall–Kier alpha value is -2.11. The molecule has 0 bridgehead atoms. The van der Waals surface area contributed by atoms with Crippen molar-refractivity contribution in [2.24, 2.45) is 0 Å². The molecule has 0 unspecified atom stereocenters. The van der Waals surface area contributed by atoms with E-state index < -0.39 is 0 Å². The second-order valence-corrected chi connectivity index (χ2v) is 7.39. The summed E-state index contributed by atoms with van der Waals surface area (Å²) in [4.78, 5) is 15.0. The molecule has 24 heavy (non-hydrogen) atoms. The lowest BCUT2D eigenvalue weighted by molar-refractivity contribution is -0.113. The Kier molecular flexibility index (Phi) is 4.73. The number of allylic oxidation sites excluding steroid dienone is 2. The molecule has 1 aliphatic heterocycles. The fourth-order valence-electron chi connectivity index (χ4n) is 2.58. The second-order valence-electron chi connectivity index (χ2n) is 5.71. The zero-order valence-electron chi connectivity index (χ0n) is 13.7. The largest absolute Gasteiger partial charge is 0.465 e. The fraction of sp³-hybridized carbons (Fsp3) is 0.158. The average molecular weight is 355 g/mol. The van der Waals surface area contributed by atoms with Crippen molar-refractivity contribution >= 4 is 46.0 Å². The number of thiocarbonyl (C=S) groups is 1. The molecule has 0 saturated carbocycles. The first-order valence-electron chi connectivity index (χ1n) is 7.53. The zero-order valence-corrected chi connectivity index (χ0v) is 15.3. The Morgan fingerprint density at radius 1 is 1.29 bits per heavy atom. The van der Waals surface area contributed by atoms with Crippen molar-refractivity contribution in [3.8, 4) is 0 Å². The monoisotopic (exact) mass is 355 g/mol. The molecule has 2 heterocycles. The van der Waals surface area contributed by atoms with Crippen LogP contribution in [0.1, 0.15) is 23.8 Å². The molecule has 5 heteroatoms. The average Bonchev–Trinajstić information content (AvgIpc) is 3.10. The molecule has 122 valence electrons. The van der Waals surface area contributed by atoms with E-state index in [1.54, 1.807) is 11.2 Å².